The third-order valence-corrected chi connectivity index (χ3v) is 5.91. The lowest BCUT2D eigenvalue weighted by atomic mass is 9.93. The Morgan fingerprint density at radius 1 is 1.19 bits per heavy atom. The van der Waals surface area contributed by atoms with Crippen molar-refractivity contribution in [3.63, 3.8) is 0 Å². The summed E-state index contributed by atoms with van der Waals surface area (Å²) in [5.74, 6) is -1.92. The van der Waals surface area contributed by atoms with E-state index < -0.39 is 34.8 Å². The highest BCUT2D eigenvalue weighted by atomic mass is 19.4. The summed E-state index contributed by atoms with van der Waals surface area (Å²) in [4.78, 5) is 25.9. The van der Waals surface area contributed by atoms with E-state index >= 15 is 0 Å². The maximum atomic E-state index is 14.6. The van der Waals surface area contributed by atoms with Gasteiger partial charge in [-0.2, -0.15) is 13.2 Å². The molecule has 1 aliphatic carbocycles. The number of anilines is 1. The summed E-state index contributed by atoms with van der Waals surface area (Å²) in [5, 5.41) is 18.9. The summed E-state index contributed by atoms with van der Waals surface area (Å²) in [6, 6.07) is 6.33. The average molecular weight is 506 g/mol. The van der Waals surface area contributed by atoms with E-state index in [2.05, 4.69) is 31.3 Å². The number of alkyl halides is 3. The van der Waals surface area contributed by atoms with Gasteiger partial charge in [-0.3, -0.25) is 9.59 Å². The zero-order valence-corrected chi connectivity index (χ0v) is 19.2. The molecule has 1 heterocycles. The van der Waals surface area contributed by atoms with Gasteiger partial charge in [-0.05, 0) is 60.5 Å². The number of methoxy groups -OCH3 is 1. The quantitative estimate of drug-likeness (QED) is 0.403. The molecule has 1 atom stereocenters. The molecule has 36 heavy (non-hydrogen) atoms. The van der Waals surface area contributed by atoms with E-state index in [0.29, 0.717) is 18.2 Å². The van der Waals surface area contributed by atoms with Crippen LogP contribution in [0.2, 0.25) is 0 Å². The molecule has 0 bridgehead atoms. The fourth-order valence-corrected chi connectivity index (χ4v) is 3.96. The van der Waals surface area contributed by atoms with Crippen molar-refractivity contribution in [3.8, 4) is 11.4 Å². The molecule has 2 amide bonds. The van der Waals surface area contributed by atoms with E-state index in [1.54, 1.807) is 6.92 Å². The first-order valence-electron chi connectivity index (χ1n) is 10.9. The van der Waals surface area contributed by atoms with E-state index in [1.165, 1.54) is 25.3 Å². The van der Waals surface area contributed by atoms with Crippen LogP contribution in [-0.2, 0) is 21.1 Å². The molecule has 0 aliphatic heterocycles. The number of rotatable bonds is 8. The van der Waals surface area contributed by atoms with Crippen LogP contribution in [0, 0.1) is 5.82 Å². The number of hydrogen-bond acceptors (Lipinski definition) is 6. The molecule has 0 saturated heterocycles. The average Bonchev–Trinajstić information content (AvgIpc) is 3.43. The van der Waals surface area contributed by atoms with Crippen LogP contribution in [0.15, 0.2) is 36.4 Å². The van der Waals surface area contributed by atoms with Gasteiger partial charge in [0.15, 0.2) is 5.82 Å². The van der Waals surface area contributed by atoms with Gasteiger partial charge in [0.25, 0.3) is 5.91 Å². The van der Waals surface area contributed by atoms with Crippen molar-refractivity contribution < 1.29 is 31.9 Å². The molecular weight excluding hydrogens is 484 g/mol. The highest BCUT2D eigenvalue weighted by Gasteiger charge is 2.53. The number of hydrogen-bond donors (Lipinski definition) is 3. The van der Waals surface area contributed by atoms with Gasteiger partial charge in [-0.25, -0.2) is 9.49 Å². The molecule has 0 unspecified atom stereocenters. The predicted molar refractivity (Wildman–Crippen MR) is 119 cm³/mol. The van der Waals surface area contributed by atoms with Gasteiger partial charge < -0.3 is 15.4 Å². The summed E-state index contributed by atoms with van der Waals surface area (Å²) in [5.41, 5.74) is -1.72. The number of amides is 2. The maximum absolute atomic E-state index is 14.6. The first-order valence-corrected chi connectivity index (χ1v) is 10.9. The van der Waals surface area contributed by atoms with Crippen LogP contribution < -0.4 is 10.6 Å². The number of halogens is 4. The normalized spacial score (nSPS) is 15.3. The summed E-state index contributed by atoms with van der Waals surface area (Å²) in [7, 11) is 1.51. The number of nitrogens with one attached hydrogen (secondary N) is 3. The summed E-state index contributed by atoms with van der Waals surface area (Å²) >= 11 is 0. The molecule has 9 nitrogen and oxygen atoms in total. The van der Waals surface area contributed by atoms with E-state index in [9.17, 15) is 27.2 Å². The van der Waals surface area contributed by atoms with E-state index in [4.69, 9.17) is 4.74 Å². The van der Waals surface area contributed by atoms with Gasteiger partial charge in [0.1, 0.15) is 5.82 Å². The maximum Gasteiger partial charge on any atom is 0.416 e. The Bertz CT molecular complexity index is 1280. The third-order valence-electron chi connectivity index (χ3n) is 5.91. The van der Waals surface area contributed by atoms with Crippen LogP contribution in [-0.4, -0.2) is 52.2 Å². The standard InChI is InChI=1S/C23H22F4N6O3/c1-12(11-36-2)28-20(34)15-5-4-14(10-16(15)19-30-32-33-31-19)29-21(35)22(7-8-22)17-6-3-13(9-18(17)24)23(25,26)27/h3-6,9-10,12H,7-8,11H2,1-2H3,(H,28,34)(H,29,35)(H,30,31,32,33)/t12-/m1/s1. The summed E-state index contributed by atoms with van der Waals surface area (Å²) in [6.45, 7) is 2.06. The minimum absolute atomic E-state index is 0.101. The minimum Gasteiger partial charge on any atom is -0.383 e. The second-order valence-electron chi connectivity index (χ2n) is 8.57. The van der Waals surface area contributed by atoms with E-state index in [0.717, 1.165) is 12.1 Å². The zero-order chi connectivity index (χ0) is 26.1. The fraction of sp³-hybridized carbons (Fsp3) is 0.348. The van der Waals surface area contributed by atoms with Crippen LogP contribution in [0.25, 0.3) is 11.4 Å². The second kappa shape index (κ2) is 9.64. The lowest BCUT2D eigenvalue weighted by molar-refractivity contribution is -0.137. The molecule has 1 saturated carbocycles. The highest BCUT2D eigenvalue weighted by molar-refractivity contribution is 6.04. The molecule has 3 aromatic rings. The Morgan fingerprint density at radius 3 is 2.53 bits per heavy atom. The highest BCUT2D eigenvalue weighted by Crippen LogP contribution is 2.50. The number of nitrogens with zero attached hydrogens (tertiary/aromatic N) is 3. The number of benzene rings is 2. The monoisotopic (exact) mass is 506 g/mol. The molecule has 0 radical (unpaired) electrons. The lowest BCUT2D eigenvalue weighted by Gasteiger charge is -2.19. The lowest BCUT2D eigenvalue weighted by Crippen LogP contribution is -2.36. The minimum atomic E-state index is -4.69. The zero-order valence-electron chi connectivity index (χ0n) is 19.2. The first-order chi connectivity index (χ1) is 17.0. The Hall–Kier alpha value is -3.87. The number of H-pyrrole nitrogens is 1. The number of aromatic amines is 1. The number of carbonyl (C=O) groups is 2. The Labute approximate surface area is 202 Å². The van der Waals surface area contributed by atoms with Gasteiger partial charge in [0.05, 0.1) is 23.1 Å². The third kappa shape index (κ3) is 5.05. The SMILES string of the molecule is COC[C@@H](C)NC(=O)c1ccc(NC(=O)C2(c3ccc(C(F)(F)F)cc3F)CC2)cc1-c1nnn[nH]1. The van der Waals surface area contributed by atoms with Crippen molar-refractivity contribution in [2.24, 2.45) is 0 Å². The second-order valence-corrected chi connectivity index (χ2v) is 8.57. The number of aromatic nitrogens is 4. The van der Waals surface area contributed by atoms with Gasteiger partial charge in [-0.15, -0.1) is 5.10 Å². The Morgan fingerprint density at radius 2 is 1.94 bits per heavy atom. The van der Waals surface area contributed by atoms with Gasteiger partial charge in [0, 0.05) is 30.0 Å². The molecule has 1 aromatic heterocycles. The molecule has 190 valence electrons. The fourth-order valence-electron chi connectivity index (χ4n) is 3.96. The van der Waals surface area contributed by atoms with Crippen molar-refractivity contribution in [2.75, 3.05) is 19.0 Å². The van der Waals surface area contributed by atoms with Crippen LogP contribution in [0.4, 0.5) is 23.2 Å². The molecule has 13 heteroatoms. The Kier molecular flexibility index (Phi) is 6.76. The smallest absolute Gasteiger partial charge is 0.383 e. The Balaban J connectivity index is 1.60. The topological polar surface area (TPSA) is 122 Å². The molecule has 3 N–H and O–H groups in total. The molecule has 1 aliphatic rings. The molecule has 2 aromatic carbocycles. The predicted octanol–water partition coefficient (Wildman–Crippen LogP) is 3.46. The first kappa shape index (κ1) is 25.2. The van der Waals surface area contributed by atoms with Crippen LogP contribution in [0.5, 0.6) is 0 Å². The summed E-state index contributed by atoms with van der Waals surface area (Å²) in [6.07, 6.45) is -4.14. The summed E-state index contributed by atoms with van der Waals surface area (Å²) < 4.78 is 58.4. The largest absolute Gasteiger partial charge is 0.416 e. The molecule has 1 fully saturated rings. The van der Waals surface area contributed by atoms with Crippen molar-refractivity contribution in [2.45, 2.75) is 37.4 Å². The molecule has 0 spiro atoms. The molecular formula is C23H22F4N6O3. The molecule has 4 rings (SSSR count). The van der Waals surface area contributed by atoms with Crippen LogP contribution in [0.3, 0.4) is 0 Å². The van der Waals surface area contributed by atoms with Crippen molar-refractivity contribution in [1.82, 2.24) is 25.9 Å². The number of tetrazole rings is 1. The van der Waals surface area contributed by atoms with Crippen LogP contribution in [0.1, 0.15) is 41.3 Å². The van der Waals surface area contributed by atoms with Crippen molar-refractivity contribution in [1.29, 1.82) is 0 Å². The van der Waals surface area contributed by atoms with Gasteiger partial charge >= 0.3 is 6.18 Å². The van der Waals surface area contributed by atoms with Gasteiger partial charge in [0.2, 0.25) is 5.91 Å². The van der Waals surface area contributed by atoms with Crippen molar-refractivity contribution >= 4 is 17.5 Å². The van der Waals surface area contributed by atoms with E-state index in [1.807, 2.05) is 0 Å². The van der Waals surface area contributed by atoms with Gasteiger partial charge in [-0.1, -0.05) is 6.07 Å². The number of carbonyl (C=O) groups excluding carboxylic acids is 2. The van der Waals surface area contributed by atoms with Crippen molar-refractivity contribution in [3.05, 3.63) is 58.9 Å². The number of ether oxygens (including phenoxy) is 1. The van der Waals surface area contributed by atoms with E-state index in [-0.39, 0.29) is 41.5 Å². The van der Waals surface area contributed by atoms with Crippen LogP contribution >= 0.6 is 0 Å².